The molecule has 1 aliphatic heterocycles. The van der Waals surface area contributed by atoms with Crippen LogP contribution in [0.2, 0.25) is 0 Å². The van der Waals surface area contributed by atoms with E-state index in [9.17, 15) is 9.18 Å². The Labute approximate surface area is 242 Å². The molecule has 1 heterocycles. The van der Waals surface area contributed by atoms with Crippen LogP contribution in [0.15, 0.2) is 54.6 Å². The van der Waals surface area contributed by atoms with Crippen molar-refractivity contribution < 1.29 is 23.4 Å². The number of aryl methyl sites for hydroxylation is 1. The minimum Gasteiger partial charge on any atom is -0.496 e. The minimum atomic E-state index is -0.337. The smallest absolute Gasteiger partial charge is 0.311 e. The van der Waals surface area contributed by atoms with E-state index in [1.165, 1.54) is 31.4 Å². The molecule has 0 spiro atoms. The van der Waals surface area contributed by atoms with Crippen LogP contribution in [0.3, 0.4) is 0 Å². The van der Waals surface area contributed by atoms with E-state index >= 15 is 0 Å². The van der Waals surface area contributed by atoms with Gasteiger partial charge in [-0.1, -0.05) is 37.5 Å². The van der Waals surface area contributed by atoms with Gasteiger partial charge in [-0.2, -0.15) is 0 Å². The van der Waals surface area contributed by atoms with Crippen molar-refractivity contribution in [1.29, 1.82) is 0 Å². The molecule has 0 radical (unpaired) electrons. The highest BCUT2D eigenvalue weighted by Crippen LogP contribution is 2.43. The molecule has 41 heavy (non-hydrogen) atoms. The first-order chi connectivity index (χ1) is 19.6. The molecule has 1 saturated carbocycles. The molecule has 2 aliphatic rings. The summed E-state index contributed by atoms with van der Waals surface area (Å²) in [6.45, 7) is 8.52. The molecular formula is C35H40FNO4. The van der Waals surface area contributed by atoms with Crippen molar-refractivity contribution in [2.75, 3.05) is 12.4 Å². The standard InChI is InChI=1S/C35H40FNO4/c1-22-11-12-25(36)18-31(22)40-21-29-27(15-16-30-34(29)23(2)20-35(3,4)37-30)28-14-13-26(19-32(28)39-5)41-33(38)17-24-9-7-6-8-10-24/h11-16,18-20,24,37H,6-10,17,21H2,1-5H3. The molecule has 1 aliphatic carbocycles. The number of rotatable bonds is 8. The predicted molar refractivity (Wildman–Crippen MR) is 162 cm³/mol. The number of anilines is 1. The Hall–Kier alpha value is -3.80. The number of ether oxygens (including phenoxy) is 3. The zero-order chi connectivity index (χ0) is 29.1. The van der Waals surface area contributed by atoms with E-state index in [0.717, 1.165) is 51.9 Å². The third-order valence-electron chi connectivity index (χ3n) is 8.14. The van der Waals surface area contributed by atoms with E-state index in [2.05, 4.69) is 44.3 Å². The highest BCUT2D eigenvalue weighted by molar-refractivity contribution is 5.88. The lowest BCUT2D eigenvalue weighted by molar-refractivity contribution is -0.135. The number of carbonyl (C=O) groups excluding carboxylic acids is 1. The normalized spacial score (nSPS) is 16.3. The van der Waals surface area contributed by atoms with Gasteiger partial charge in [-0.25, -0.2) is 4.39 Å². The lowest BCUT2D eigenvalue weighted by Gasteiger charge is -2.33. The summed E-state index contributed by atoms with van der Waals surface area (Å²) in [6.07, 6.45) is 8.48. The summed E-state index contributed by atoms with van der Waals surface area (Å²) in [5.74, 6) is 1.45. The molecule has 0 aromatic heterocycles. The van der Waals surface area contributed by atoms with Crippen molar-refractivity contribution in [2.24, 2.45) is 5.92 Å². The molecule has 1 N–H and O–H groups in total. The summed E-state index contributed by atoms with van der Waals surface area (Å²) in [4.78, 5) is 12.7. The van der Waals surface area contributed by atoms with Crippen LogP contribution >= 0.6 is 0 Å². The van der Waals surface area contributed by atoms with Crippen LogP contribution in [-0.2, 0) is 11.4 Å². The van der Waals surface area contributed by atoms with Crippen molar-refractivity contribution in [2.45, 2.75) is 78.4 Å². The van der Waals surface area contributed by atoms with Crippen LogP contribution in [0, 0.1) is 18.7 Å². The molecule has 5 nitrogen and oxygen atoms in total. The molecule has 1 fully saturated rings. The van der Waals surface area contributed by atoms with Gasteiger partial charge in [0.05, 0.1) is 12.6 Å². The molecule has 0 saturated heterocycles. The third-order valence-corrected chi connectivity index (χ3v) is 8.14. The van der Waals surface area contributed by atoms with Gasteiger partial charge in [0, 0.05) is 40.9 Å². The van der Waals surface area contributed by atoms with Gasteiger partial charge in [-0.3, -0.25) is 4.79 Å². The van der Waals surface area contributed by atoms with Crippen molar-refractivity contribution in [1.82, 2.24) is 0 Å². The number of esters is 1. The minimum absolute atomic E-state index is 0.198. The van der Waals surface area contributed by atoms with Crippen LogP contribution in [0.4, 0.5) is 10.1 Å². The first-order valence-electron chi connectivity index (χ1n) is 14.6. The maximum absolute atomic E-state index is 14.0. The van der Waals surface area contributed by atoms with E-state index in [-0.39, 0.29) is 23.9 Å². The van der Waals surface area contributed by atoms with Crippen molar-refractivity contribution in [3.63, 3.8) is 0 Å². The van der Waals surface area contributed by atoms with Gasteiger partial charge < -0.3 is 19.5 Å². The number of benzene rings is 3. The average molecular weight is 558 g/mol. The second-order valence-corrected chi connectivity index (χ2v) is 11.9. The fourth-order valence-corrected chi connectivity index (χ4v) is 6.24. The number of nitrogens with one attached hydrogen (secondary N) is 1. The van der Waals surface area contributed by atoms with Gasteiger partial charge >= 0.3 is 5.97 Å². The largest absolute Gasteiger partial charge is 0.496 e. The average Bonchev–Trinajstić information content (AvgIpc) is 2.93. The van der Waals surface area contributed by atoms with Crippen LogP contribution in [0.1, 0.15) is 76.0 Å². The zero-order valence-electron chi connectivity index (χ0n) is 24.7. The molecule has 0 unspecified atom stereocenters. The number of hydrogen-bond donors (Lipinski definition) is 1. The van der Waals surface area contributed by atoms with E-state index in [1.54, 1.807) is 19.2 Å². The van der Waals surface area contributed by atoms with Gasteiger partial charge in [0.25, 0.3) is 0 Å². The second kappa shape index (κ2) is 12.0. The molecule has 0 bridgehead atoms. The van der Waals surface area contributed by atoms with Crippen LogP contribution in [-0.4, -0.2) is 18.6 Å². The summed E-state index contributed by atoms with van der Waals surface area (Å²) in [7, 11) is 1.62. The van der Waals surface area contributed by atoms with Crippen LogP contribution in [0.5, 0.6) is 17.2 Å². The first kappa shape index (κ1) is 28.7. The summed E-state index contributed by atoms with van der Waals surface area (Å²) in [6, 6.07) is 14.2. The Morgan fingerprint density at radius 2 is 1.73 bits per heavy atom. The lowest BCUT2D eigenvalue weighted by atomic mass is 9.85. The summed E-state index contributed by atoms with van der Waals surface area (Å²) >= 11 is 0. The fourth-order valence-electron chi connectivity index (χ4n) is 6.24. The molecular weight excluding hydrogens is 517 g/mol. The number of hydrogen-bond acceptors (Lipinski definition) is 5. The van der Waals surface area contributed by atoms with Crippen LogP contribution in [0.25, 0.3) is 16.7 Å². The van der Waals surface area contributed by atoms with Crippen LogP contribution < -0.4 is 19.5 Å². The van der Waals surface area contributed by atoms with Gasteiger partial charge in [0.15, 0.2) is 0 Å². The lowest BCUT2D eigenvalue weighted by Crippen LogP contribution is -2.32. The SMILES string of the molecule is COc1cc(OC(=O)CC2CCCCC2)ccc1-c1ccc2c(c1COc1cc(F)ccc1C)C(C)=CC(C)(C)N2. The molecule has 6 heteroatoms. The van der Waals surface area contributed by atoms with E-state index < -0.39 is 0 Å². The number of allylic oxidation sites excluding steroid dienone is 1. The van der Waals surface area contributed by atoms with Gasteiger partial charge in [0.1, 0.15) is 29.7 Å². The second-order valence-electron chi connectivity index (χ2n) is 11.9. The topological polar surface area (TPSA) is 56.8 Å². The van der Waals surface area contributed by atoms with Crippen molar-refractivity contribution in [3.05, 3.63) is 77.1 Å². The molecule has 0 amide bonds. The Balaban J connectivity index is 1.49. The Bertz CT molecular complexity index is 1470. The summed E-state index contributed by atoms with van der Waals surface area (Å²) in [5, 5.41) is 3.62. The third kappa shape index (κ3) is 6.58. The van der Waals surface area contributed by atoms with Gasteiger partial charge in [-0.15, -0.1) is 0 Å². The van der Waals surface area contributed by atoms with E-state index in [4.69, 9.17) is 14.2 Å². The van der Waals surface area contributed by atoms with E-state index in [1.807, 2.05) is 19.1 Å². The summed E-state index contributed by atoms with van der Waals surface area (Å²) < 4.78 is 31.9. The quantitative estimate of drug-likeness (QED) is 0.221. The van der Waals surface area contributed by atoms with Crippen molar-refractivity contribution in [3.8, 4) is 28.4 Å². The fraction of sp³-hybridized carbons (Fsp3) is 0.400. The Morgan fingerprint density at radius 3 is 2.49 bits per heavy atom. The molecule has 3 aromatic carbocycles. The number of fused-ring (bicyclic) bond motifs is 1. The monoisotopic (exact) mass is 557 g/mol. The zero-order valence-corrected chi connectivity index (χ0v) is 24.7. The predicted octanol–water partition coefficient (Wildman–Crippen LogP) is 8.87. The highest BCUT2D eigenvalue weighted by atomic mass is 19.1. The maximum atomic E-state index is 14.0. The molecule has 5 rings (SSSR count). The number of carbonyl (C=O) groups is 1. The van der Waals surface area contributed by atoms with Crippen molar-refractivity contribution >= 4 is 17.2 Å². The Morgan fingerprint density at radius 1 is 0.976 bits per heavy atom. The summed E-state index contributed by atoms with van der Waals surface area (Å²) in [5.41, 5.74) is 6.62. The van der Waals surface area contributed by atoms with Gasteiger partial charge in [-0.05, 0) is 87.4 Å². The first-order valence-corrected chi connectivity index (χ1v) is 14.6. The molecule has 3 aromatic rings. The maximum Gasteiger partial charge on any atom is 0.311 e. The molecule has 216 valence electrons. The number of methoxy groups -OCH3 is 1. The number of halogens is 1. The van der Waals surface area contributed by atoms with Gasteiger partial charge in [0.2, 0.25) is 0 Å². The Kier molecular flexibility index (Phi) is 8.39. The highest BCUT2D eigenvalue weighted by Gasteiger charge is 2.27. The van der Waals surface area contributed by atoms with E-state index in [0.29, 0.717) is 29.6 Å². The molecule has 0 atom stereocenters.